The molecule has 0 aliphatic rings. The van der Waals surface area contributed by atoms with Crippen LogP contribution >= 0.6 is 0 Å². The van der Waals surface area contributed by atoms with Crippen LogP contribution in [0.5, 0.6) is 0 Å². The Kier molecular flexibility index (Phi) is 4.75. The van der Waals surface area contributed by atoms with Crippen molar-refractivity contribution in [2.24, 2.45) is 5.92 Å². The lowest BCUT2D eigenvalue weighted by Crippen LogP contribution is -2.27. The van der Waals surface area contributed by atoms with Gasteiger partial charge in [0.15, 0.2) is 0 Å². The fourth-order valence-electron chi connectivity index (χ4n) is 1.53. The van der Waals surface area contributed by atoms with Crippen molar-refractivity contribution in [2.45, 2.75) is 20.0 Å². The highest BCUT2D eigenvalue weighted by atomic mass is 19.4. The Balaban J connectivity index is 3.00. The summed E-state index contributed by atoms with van der Waals surface area (Å²) in [7, 11) is 0. The van der Waals surface area contributed by atoms with E-state index in [4.69, 9.17) is 0 Å². The Morgan fingerprint density at radius 2 is 2.05 bits per heavy atom. The quantitative estimate of drug-likeness (QED) is 0.888. The number of carbonyl (C=O) groups excluding carboxylic acids is 1. The van der Waals surface area contributed by atoms with E-state index in [9.17, 15) is 18.0 Å². The van der Waals surface area contributed by atoms with Gasteiger partial charge >= 0.3 is 6.18 Å². The molecule has 0 spiro atoms. The average Bonchev–Trinajstić information content (AvgIpc) is 2.33. The zero-order chi connectivity index (χ0) is 14.6. The van der Waals surface area contributed by atoms with Crippen molar-refractivity contribution in [3.63, 3.8) is 0 Å². The summed E-state index contributed by atoms with van der Waals surface area (Å²) in [5.74, 6) is -0.109. The normalized spacial score (nSPS) is 11.5. The molecular weight excluding hydrogens is 255 g/mol. The van der Waals surface area contributed by atoms with E-state index in [1.165, 1.54) is 12.1 Å². The summed E-state index contributed by atoms with van der Waals surface area (Å²) < 4.78 is 38.0. The molecule has 0 unspecified atom stereocenters. The largest absolute Gasteiger partial charge is 0.416 e. The standard InChI is InChI=1S/C14H16F3NO/c1-4-10-7-11(13(19)18-8-9(2)3)5-6-12(10)14(15,16)17/h4-7,9H,1,8H2,2-3H3,(H,18,19). The Labute approximate surface area is 110 Å². The maximum atomic E-state index is 12.7. The maximum Gasteiger partial charge on any atom is 0.416 e. The first kappa shape index (κ1) is 15.3. The number of carbonyl (C=O) groups is 1. The molecule has 0 saturated heterocycles. The van der Waals surface area contributed by atoms with E-state index in [0.29, 0.717) is 6.54 Å². The summed E-state index contributed by atoms with van der Waals surface area (Å²) in [5, 5.41) is 2.65. The number of alkyl halides is 3. The van der Waals surface area contributed by atoms with Crippen LogP contribution < -0.4 is 5.32 Å². The smallest absolute Gasteiger partial charge is 0.352 e. The van der Waals surface area contributed by atoms with E-state index in [2.05, 4.69) is 11.9 Å². The third kappa shape index (κ3) is 4.12. The minimum absolute atomic E-state index is 0.0929. The van der Waals surface area contributed by atoms with Crippen molar-refractivity contribution < 1.29 is 18.0 Å². The molecule has 0 fully saturated rings. The third-order valence-corrected chi connectivity index (χ3v) is 2.51. The molecule has 1 aromatic carbocycles. The second-order valence-electron chi connectivity index (χ2n) is 4.61. The average molecular weight is 271 g/mol. The van der Waals surface area contributed by atoms with Crippen LogP contribution in [0.2, 0.25) is 0 Å². The highest BCUT2D eigenvalue weighted by molar-refractivity contribution is 5.94. The molecule has 5 heteroatoms. The number of hydrogen-bond acceptors (Lipinski definition) is 1. The predicted octanol–water partition coefficient (Wildman–Crippen LogP) is 3.73. The van der Waals surface area contributed by atoms with Crippen molar-refractivity contribution in [1.29, 1.82) is 0 Å². The summed E-state index contributed by atoms with van der Waals surface area (Å²) in [5.41, 5.74) is -0.684. The van der Waals surface area contributed by atoms with Crippen molar-refractivity contribution in [1.82, 2.24) is 5.32 Å². The summed E-state index contributed by atoms with van der Waals surface area (Å²) in [6.45, 7) is 7.69. The van der Waals surface area contributed by atoms with Gasteiger partial charge in [0, 0.05) is 12.1 Å². The first-order valence-corrected chi connectivity index (χ1v) is 5.87. The zero-order valence-electron chi connectivity index (χ0n) is 10.8. The fraction of sp³-hybridized carbons (Fsp3) is 0.357. The molecule has 1 N–H and O–H groups in total. The predicted molar refractivity (Wildman–Crippen MR) is 68.7 cm³/mol. The van der Waals surface area contributed by atoms with E-state index in [0.717, 1.165) is 12.1 Å². The minimum Gasteiger partial charge on any atom is -0.352 e. The Morgan fingerprint density at radius 3 is 2.53 bits per heavy atom. The second-order valence-corrected chi connectivity index (χ2v) is 4.61. The van der Waals surface area contributed by atoms with Crippen LogP contribution in [0.1, 0.15) is 35.3 Å². The van der Waals surface area contributed by atoms with Gasteiger partial charge in [0.1, 0.15) is 0 Å². The van der Waals surface area contributed by atoms with Gasteiger partial charge in [0.05, 0.1) is 5.56 Å². The van der Waals surface area contributed by atoms with Gasteiger partial charge in [0.25, 0.3) is 5.91 Å². The van der Waals surface area contributed by atoms with Gasteiger partial charge in [-0.25, -0.2) is 0 Å². The number of hydrogen-bond donors (Lipinski definition) is 1. The van der Waals surface area contributed by atoms with Crippen LogP contribution in [-0.4, -0.2) is 12.5 Å². The molecule has 0 aliphatic carbocycles. The van der Waals surface area contributed by atoms with Crippen molar-refractivity contribution in [2.75, 3.05) is 6.54 Å². The number of rotatable bonds is 4. The van der Waals surface area contributed by atoms with Crippen LogP contribution in [0.25, 0.3) is 6.08 Å². The zero-order valence-corrected chi connectivity index (χ0v) is 10.8. The van der Waals surface area contributed by atoms with E-state index < -0.39 is 11.7 Å². The molecule has 0 aliphatic heterocycles. The van der Waals surface area contributed by atoms with Crippen molar-refractivity contribution in [3.8, 4) is 0 Å². The summed E-state index contributed by atoms with van der Waals surface area (Å²) in [6, 6.07) is 3.28. The number of amides is 1. The SMILES string of the molecule is C=Cc1cc(C(=O)NCC(C)C)ccc1C(F)(F)F. The Morgan fingerprint density at radius 1 is 1.42 bits per heavy atom. The molecule has 0 radical (unpaired) electrons. The molecule has 1 aromatic rings. The third-order valence-electron chi connectivity index (χ3n) is 2.51. The lowest BCUT2D eigenvalue weighted by Gasteiger charge is -2.12. The Hall–Kier alpha value is -1.78. The van der Waals surface area contributed by atoms with Gasteiger partial charge in [-0.2, -0.15) is 13.2 Å². The van der Waals surface area contributed by atoms with Gasteiger partial charge in [-0.05, 0) is 29.7 Å². The molecule has 0 heterocycles. The lowest BCUT2D eigenvalue weighted by atomic mass is 10.0. The topological polar surface area (TPSA) is 29.1 Å². The second kappa shape index (κ2) is 5.91. The fourth-order valence-corrected chi connectivity index (χ4v) is 1.53. The van der Waals surface area contributed by atoms with E-state index in [-0.39, 0.29) is 23.0 Å². The number of benzene rings is 1. The first-order chi connectivity index (χ1) is 8.75. The minimum atomic E-state index is -4.45. The molecule has 0 atom stereocenters. The van der Waals surface area contributed by atoms with Crippen LogP contribution in [0.4, 0.5) is 13.2 Å². The van der Waals surface area contributed by atoms with Gasteiger partial charge in [0.2, 0.25) is 0 Å². The van der Waals surface area contributed by atoms with E-state index >= 15 is 0 Å². The van der Waals surface area contributed by atoms with Crippen LogP contribution in [0.15, 0.2) is 24.8 Å². The monoisotopic (exact) mass is 271 g/mol. The molecule has 0 bridgehead atoms. The van der Waals surface area contributed by atoms with Crippen LogP contribution in [-0.2, 0) is 6.18 Å². The number of nitrogens with one attached hydrogen (secondary N) is 1. The molecule has 2 nitrogen and oxygen atoms in total. The van der Waals surface area contributed by atoms with Crippen molar-refractivity contribution in [3.05, 3.63) is 41.5 Å². The Bertz CT molecular complexity index is 478. The number of halogens is 3. The highest BCUT2D eigenvalue weighted by Crippen LogP contribution is 2.32. The molecule has 19 heavy (non-hydrogen) atoms. The summed E-state index contributed by atoms with van der Waals surface area (Å²) >= 11 is 0. The van der Waals surface area contributed by atoms with Gasteiger partial charge < -0.3 is 5.32 Å². The van der Waals surface area contributed by atoms with E-state index in [1.54, 1.807) is 0 Å². The summed E-state index contributed by atoms with van der Waals surface area (Å²) in [6.07, 6.45) is -3.35. The van der Waals surface area contributed by atoms with Gasteiger partial charge in [-0.15, -0.1) is 0 Å². The van der Waals surface area contributed by atoms with Crippen molar-refractivity contribution >= 4 is 12.0 Å². The van der Waals surface area contributed by atoms with Gasteiger partial charge in [-0.1, -0.05) is 26.5 Å². The van der Waals surface area contributed by atoms with Crippen LogP contribution in [0.3, 0.4) is 0 Å². The molecule has 0 saturated carbocycles. The molecule has 1 rings (SSSR count). The molecule has 1 amide bonds. The lowest BCUT2D eigenvalue weighted by molar-refractivity contribution is -0.137. The highest BCUT2D eigenvalue weighted by Gasteiger charge is 2.32. The van der Waals surface area contributed by atoms with Gasteiger partial charge in [-0.3, -0.25) is 4.79 Å². The maximum absolute atomic E-state index is 12.7. The molecule has 0 aromatic heterocycles. The summed E-state index contributed by atoms with van der Waals surface area (Å²) in [4.78, 5) is 11.8. The molecular formula is C14H16F3NO. The van der Waals surface area contributed by atoms with E-state index in [1.807, 2.05) is 13.8 Å². The molecule has 104 valence electrons. The van der Waals surface area contributed by atoms with Crippen LogP contribution in [0, 0.1) is 5.92 Å². The first-order valence-electron chi connectivity index (χ1n) is 5.87.